The Morgan fingerprint density at radius 1 is 1.04 bits per heavy atom. The molecule has 1 aliphatic heterocycles. The maximum Gasteiger partial charge on any atom is 0.270 e. The third-order valence-electron chi connectivity index (χ3n) is 4.93. The van der Waals surface area contributed by atoms with Crippen LogP contribution < -0.4 is 10.2 Å². The van der Waals surface area contributed by atoms with Gasteiger partial charge < -0.3 is 10.2 Å². The van der Waals surface area contributed by atoms with Crippen LogP contribution in [0.5, 0.6) is 0 Å². The lowest BCUT2D eigenvalue weighted by Crippen LogP contribution is -2.37. The first kappa shape index (κ1) is 16.2. The highest BCUT2D eigenvalue weighted by atomic mass is 16.1. The van der Waals surface area contributed by atoms with E-state index in [9.17, 15) is 4.79 Å². The molecule has 1 N–H and O–H groups in total. The topological polar surface area (TPSA) is 58.1 Å². The second kappa shape index (κ2) is 7.75. The Kier molecular flexibility index (Phi) is 5.47. The quantitative estimate of drug-likeness (QED) is 0.930. The van der Waals surface area contributed by atoms with Crippen molar-refractivity contribution in [2.75, 3.05) is 18.0 Å². The van der Waals surface area contributed by atoms with E-state index in [0.29, 0.717) is 17.6 Å². The number of aryl methyl sites for hydroxylation is 1. The molecule has 2 heterocycles. The number of hydrogen-bond acceptors (Lipinski definition) is 4. The Bertz CT molecular complexity index is 532. The highest BCUT2D eigenvalue weighted by molar-refractivity contribution is 5.93. The molecule has 0 radical (unpaired) electrons. The average Bonchev–Trinajstić information content (AvgIpc) is 2.84. The van der Waals surface area contributed by atoms with E-state index in [-0.39, 0.29) is 5.91 Å². The Morgan fingerprint density at radius 3 is 2.39 bits per heavy atom. The van der Waals surface area contributed by atoms with Crippen LogP contribution in [0.1, 0.15) is 74.1 Å². The Balaban J connectivity index is 1.72. The lowest BCUT2D eigenvalue weighted by atomic mass is 9.95. The van der Waals surface area contributed by atoms with Crippen LogP contribution in [0.2, 0.25) is 0 Å². The van der Waals surface area contributed by atoms with Crippen LogP contribution >= 0.6 is 0 Å². The van der Waals surface area contributed by atoms with E-state index in [4.69, 9.17) is 0 Å². The fraction of sp³-hybridized carbons (Fsp3) is 0.722. The summed E-state index contributed by atoms with van der Waals surface area (Å²) in [6, 6.07) is 2.18. The van der Waals surface area contributed by atoms with E-state index in [0.717, 1.165) is 31.7 Å². The zero-order valence-corrected chi connectivity index (χ0v) is 14.2. The van der Waals surface area contributed by atoms with Crippen molar-refractivity contribution in [3.63, 3.8) is 0 Å². The van der Waals surface area contributed by atoms with Gasteiger partial charge in [-0.05, 0) is 32.6 Å². The van der Waals surface area contributed by atoms with Crippen LogP contribution in [0.25, 0.3) is 0 Å². The molecule has 5 nitrogen and oxygen atoms in total. The minimum atomic E-state index is -0.0431. The van der Waals surface area contributed by atoms with Gasteiger partial charge in [0.15, 0.2) is 0 Å². The number of nitrogens with one attached hydrogen (secondary N) is 1. The van der Waals surface area contributed by atoms with Crippen LogP contribution in [0.15, 0.2) is 6.07 Å². The highest BCUT2D eigenvalue weighted by Crippen LogP contribution is 2.20. The van der Waals surface area contributed by atoms with Crippen LogP contribution in [-0.2, 0) is 0 Å². The van der Waals surface area contributed by atoms with Crippen molar-refractivity contribution in [3.05, 3.63) is 17.6 Å². The largest absolute Gasteiger partial charge is 0.356 e. The minimum Gasteiger partial charge on any atom is -0.356 e. The smallest absolute Gasteiger partial charge is 0.270 e. The van der Waals surface area contributed by atoms with Gasteiger partial charge in [0.1, 0.15) is 17.3 Å². The van der Waals surface area contributed by atoms with Crippen LogP contribution in [0.3, 0.4) is 0 Å². The molecule has 1 aromatic rings. The van der Waals surface area contributed by atoms with Crippen LogP contribution in [0, 0.1) is 6.92 Å². The van der Waals surface area contributed by atoms with Gasteiger partial charge in [0.25, 0.3) is 5.91 Å². The van der Waals surface area contributed by atoms with Crippen molar-refractivity contribution in [1.82, 2.24) is 15.3 Å². The fourth-order valence-electron chi connectivity index (χ4n) is 3.64. The summed E-state index contributed by atoms with van der Waals surface area (Å²) in [7, 11) is 0. The molecular formula is C18H28N4O. The predicted octanol–water partition coefficient (Wildman–Crippen LogP) is 3.23. The molecule has 3 rings (SSSR count). The minimum absolute atomic E-state index is 0.0431. The summed E-state index contributed by atoms with van der Waals surface area (Å²) in [6.07, 6.45) is 10.9. The van der Waals surface area contributed by atoms with Crippen molar-refractivity contribution in [2.45, 2.75) is 70.8 Å². The lowest BCUT2D eigenvalue weighted by molar-refractivity contribution is 0.0922. The first-order valence-corrected chi connectivity index (χ1v) is 9.14. The van der Waals surface area contributed by atoms with Crippen LogP contribution in [-0.4, -0.2) is 35.0 Å². The number of carbonyl (C=O) groups excluding carboxylic acids is 1. The van der Waals surface area contributed by atoms with Gasteiger partial charge in [-0.1, -0.05) is 32.1 Å². The number of hydrogen-bond donors (Lipinski definition) is 1. The van der Waals surface area contributed by atoms with Gasteiger partial charge in [-0.15, -0.1) is 0 Å². The number of amides is 1. The molecule has 5 heteroatoms. The van der Waals surface area contributed by atoms with Crippen molar-refractivity contribution < 1.29 is 4.79 Å². The normalized spacial score (nSPS) is 20.1. The number of anilines is 1. The summed E-state index contributed by atoms with van der Waals surface area (Å²) in [6.45, 7) is 3.93. The zero-order chi connectivity index (χ0) is 16.1. The molecule has 0 unspecified atom stereocenters. The molecule has 126 valence electrons. The summed E-state index contributed by atoms with van der Waals surface area (Å²) in [4.78, 5) is 23.8. The summed E-state index contributed by atoms with van der Waals surface area (Å²) >= 11 is 0. The van der Waals surface area contributed by atoms with Gasteiger partial charge >= 0.3 is 0 Å². The summed E-state index contributed by atoms with van der Waals surface area (Å²) in [5.74, 6) is 1.55. The first-order valence-electron chi connectivity index (χ1n) is 9.14. The third-order valence-corrected chi connectivity index (χ3v) is 4.93. The molecular weight excluding hydrogens is 288 g/mol. The molecule has 1 aliphatic carbocycles. The molecule has 0 aromatic carbocycles. The average molecular weight is 316 g/mol. The highest BCUT2D eigenvalue weighted by Gasteiger charge is 2.20. The summed E-state index contributed by atoms with van der Waals surface area (Å²) in [5, 5.41) is 3.16. The van der Waals surface area contributed by atoms with Crippen LogP contribution in [0.4, 0.5) is 5.82 Å². The molecule has 0 atom stereocenters. The number of nitrogens with zero attached hydrogens (tertiary/aromatic N) is 3. The van der Waals surface area contributed by atoms with Gasteiger partial charge in [-0.2, -0.15) is 0 Å². The van der Waals surface area contributed by atoms with Crippen molar-refractivity contribution in [3.8, 4) is 0 Å². The van der Waals surface area contributed by atoms with Gasteiger partial charge in [0.05, 0.1) is 0 Å². The van der Waals surface area contributed by atoms with Gasteiger partial charge in [0.2, 0.25) is 0 Å². The fourth-order valence-corrected chi connectivity index (χ4v) is 3.64. The van der Waals surface area contributed by atoms with Gasteiger partial charge in [-0.25, -0.2) is 9.97 Å². The van der Waals surface area contributed by atoms with Gasteiger partial charge in [-0.3, -0.25) is 4.79 Å². The maximum absolute atomic E-state index is 12.5. The molecule has 1 amide bonds. The molecule has 1 aromatic heterocycles. The van der Waals surface area contributed by atoms with E-state index in [1.807, 2.05) is 13.0 Å². The van der Waals surface area contributed by atoms with Gasteiger partial charge in [0, 0.05) is 25.2 Å². The predicted molar refractivity (Wildman–Crippen MR) is 91.8 cm³/mol. The van der Waals surface area contributed by atoms with Crippen molar-refractivity contribution in [1.29, 1.82) is 0 Å². The number of rotatable bonds is 3. The Labute approximate surface area is 138 Å². The summed E-state index contributed by atoms with van der Waals surface area (Å²) in [5.41, 5.74) is 0.516. The second-order valence-electron chi connectivity index (χ2n) is 6.87. The molecule has 1 saturated carbocycles. The Morgan fingerprint density at radius 2 is 1.70 bits per heavy atom. The Hall–Kier alpha value is -1.65. The first-order chi connectivity index (χ1) is 11.2. The maximum atomic E-state index is 12.5. The molecule has 0 spiro atoms. The third kappa shape index (κ3) is 4.43. The van der Waals surface area contributed by atoms with E-state index < -0.39 is 0 Å². The molecule has 1 saturated heterocycles. The SMILES string of the molecule is Cc1nc(C(=O)NC2CCCCC2)cc(N2CCCCCC2)n1. The second-order valence-corrected chi connectivity index (χ2v) is 6.87. The van der Waals surface area contributed by atoms with E-state index in [1.54, 1.807) is 0 Å². The molecule has 2 fully saturated rings. The summed E-state index contributed by atoms with van der Waals surface area (Å²) < 4.78 is 0. The van der Waals surface area contributed by atoms with E-state index in [1.165, 1.54) is 44.9 Å². The standard InChI is InChI=1S/C18H28N4O/c1-14-19-16(18(23)21-15-9-5-4-6-10-15)13-17(20-14)22-11-7-2-3-8-12-22/h13,15H,2-12H2,1H3,(H,21,23). The van der Waals surface area contributed by atoms with E-state index in [2.05, 4.69) is 20.2 Å². The molecule has 2 aliphatic rings. The monoisotopic (exact) mass is 316 g/mol. The number of aromatic nitrogens is 2. The zero-order valence-electron chi connectivity index (χ0n) is 14.2. The number of carbonyl (C=O) groups is 1. The molecule has 23 heavy (non-hydrogen) atoms. The molecule has 0 bridgehead atoms. The van der Waals surface area contributed by atoms with E-state index >= 15 is 0 Å². The lowest BCUT2D eigenvalue weighted by Gasteiger charge is -2.24. The van der Waals surface area contributed by atoms with Crippen molar-refractivity contribution >= 4 is 11.7 Å². The van der Waals surface area contributed by atoms with Crippen molar-refractivity contribution in [2.24, 2.45) is 0 Å².